The quantitative estimate of drug-likeness (QED) is 0.524. The Labute approximate surface area is 137 Å². The Morgan fingerprint density at radius 2 is 2.09 bits per heavy atom. The molecule has 0 bridgehead atoms. The van der Waals surface area contributed by atoms with Gasteiger partial charge in [0.1, 0.15) is 0 Å². The SMILES string of the molecule is CN=C(NCCc1cnn(C)c1)NCC(CO)c1ccccc1. The maximum Gasteiger partial charge on any atom is 0.191 e. The Hall–Kier alpha value is -2.34. The zero-order chi connectivity index (χ0) is 16.5. The third-order valence-corrected chi connectivity index (χ3v) is 3.70. The zero-order valence-electron chi connectivity index (χ0n) is 13.7. The van der Waals surface area contributed by atoms with Crippen molar-refractivity contribution >= 4 is 5.96 Å². The number of nitrogens with one attached hydrogen (secondary N) is 2. The first-order chi connectivity index (χ1) is 11.2. The summed E-state index contributed by atoms with van der Waals surface area (Å²) in [4.78, 5) is 4.22. The molecule has 0 fully saturated rings. The predicted octanol–water partition coefficient (Wildman–Crippen LogP) is 0.904. The molecular weight excluding hydrogens is 290 g/mol. The summed E-state index contributed by atoms with van der Waals surface area (Å²) >= 11 is 0. The molecule has 0 aliphatic heterocycles. The van der Waals surface area contributed by atoms with Crippen LogP contribution >= 0.6 is 0 Å². The Balaban J connectivity index is 1.78. The Bertz CT molecular complexity index is 608. The van der Waals surface area contributed by atoms with E-state index < -0.39 is 0 Å². The fourth-order valence-electron chi connectivity index (χ4n) is 2.38. The van der Waals surface area contributed by atoms with E-state index in [0.717, 1.165) is 24.5 Å². The second kappa shape index (κ2) is 8.95. The standard InChI is InChI=1S/C17H25N5O/c1-18-17(19-9-8-14-10-21-22(2)12-14)20-11-16(13-23)15-6-4-3-5-7-15/h3-7,10,12,16,23H,8-9,11,13H2,1-2H3,(H2,18,19,20). The number of aliphatic hydroxyl groups excluding tert-OH is 1. The Morgan fingerprint density at radius 1 is 1.30 bits per heavy atom. The molecule has 6 heteroatoms. The van der Waals surface area contributed by atoms with Crippen molar-refractivity contribution in [1.29, 1.82) is 0 Å². The number of benzene rings is 1. The van der Waals surface area contributed by atoms with Crippen LogP contribution in [-0.2, 0) is 13.5 Å². The summed E-state index contributed by atoms with van der Waals surface area (Å²) in [5, 5.41) is 20.3. The van der Waals surface area contributed by atoms with Gasteiger partial charge in [-0.3, -0.25) is 9.67 Å². The summed E-state index contributed by atoms with van der Waals surface area (Å²) < 4.78 is 1.80. The molecule has 124 valence electrons. The molecule has 0 amide bonds. The molecule has 1 aromatic heterocycles. The van der Waals surface area contributed by atoms with Crippen molar-refractivity contribution in [3.63, 3.8) is 0 Å². The van der Waals surface area contributed by atoms with Crippen molar-refractivity contribution in [2.24, 2.45) is 12.0 Å². The average molecular weight is 315 g/mol. The van der Waals surface area contributed by atoms with E-state index in [4.69, 9.17) is 0 Å². The van der Waals surface area contributed by atoms with Gasteiger partial charge in [0.15, 0.2) is 5.96 Å². The minimum absolute atomic E-state index is 0.0491. The molecule has 1 atom stereocenters. The van der Waals surface area contributed by atoms with E-state index in [-0.39, 0.29) is 12.5 Å². The molecular formula is C17H25N5O. The summed E-state index contributed by atoms with van der Waals surface area (Å²) in [6.45, 7) is 1.51. The normalized spacial score (nSPS) is 12.9. The van der Waals surface area contributed by atoms with Gasteiger partial charge in [-0.25, -0.2) is 0 Å². The number of hydrogen-bond acceptors (Lipinski definition) is 3. The molecule has 0 radical (unpaired) electrons. The van der Waals surface area contributed by atoms with Gasteiger partial charge in [-0.15, -0.1) is 0 Å². The third-order valence-electron chi connectivity index (χ3n) is 3.70. The van der Waals surface area contributed by atoms with Crippen molar-refractivity contribution in [2.75, 3.05) is 26.7 Å². The fourth-order valence-corrected chi connectivity index (χ4v) is 2.38. The van der Waals surface area contributed by atoms with Crippen LogP contribution in [0.25, 0.3) is 0 Å². The molecule has 2 aromatic rings. The lowest BCUT2D eigenvalue weighted by Crippen LogP contribution is -2.40. The molecule has 0 aliphatic carbocycles. The highest BCUT2D eigenvalue weighted by Crippen LogP contribution is 2.13. The van der Waals surface area contributed by atoms with E-state index in [0.29, 0.717) is 6.54 Å². The lowest BCUT2D eigenvalue weighted by molar-refractivity contribution is 0.265. The van der Waals surface area contributed by atoms with Crippen molar-refractivity contribution in [2.45, 2.75) is 12.3 Å². The van der Waals surface area contributed by atoms with Crippen LogP contribution in [0.3, 0.4) is 0 Å². The van der Waals surface area contributed by atoms with Gasteiger partial charge in [0.2, 0.25) is 0 Å². The summed E-state index contributed by atoms with van der Waals surface area (Å²) in [5.74, 6) is 0.788. The third kappa shape index (κ3) is 5.41. The van der Waals surface area contributed by atoms with Gasteiger partial charge >= 0.3 is 0 Å². The van der Waals surface area contributed by atoms with E-state index in [1.165, 1.54) is 5.56 Å². The van der Waals surface area contributed by atoms with Gasteiger partial charge in [-0.05, 0) is 17.5 Å². The maximum atomic E-state index is 9.58. The monoisotopic (exact) mass is 315 g/mol. The topological polar surface area (TPSA) is 74.5 Å². The van der Waals surface area contributed by atoms with Crippen molar-refractivity contribution in [3.8, 4) is 0 Å². The van der Waals surface area contributed by atoms with E-state index >= 15 is 0 Å². The lowest BCUT2D eigenvalue weighted by atomic mass is 10.0. The Morgan fingerprint density at radius 3 is 2.70 bits per heavy atom. The van der Waals surface area contributed by atoms with Crippen molar-refractivity contribution in [3.05, 3.63) is 53.9 Å². The second-order valence-corrected chi connectivity index (χ2v) is 5.44. The lowest BCUT2D eigenvalue weighted by Gasteiger charge is -2.18. The highest BCUT2D eigenvalue weighted by Gasteiger charge is 2.10. The van der Waals surface area contributed by atoms with E-state index in [1.54, 1.807) is 11.7 Å². The summed E-state index contributed by atoms with van der Waals surface area (Å²) in [6, 6.07) is 10.0. The predicted molar refractivity (Wildman–Crippen MR) is 92.5 cm³/mol. The molecule has 2 rings (SSSR count). The van der Waals surface area contributed by atoms with Gasteiger partial charge in [0, 0.05) is 39.3 Å². The summed E-state index contributed by atoms with van der Waals surface area (Å²) in [6.07, 6.45) is 4.76. The van der Waals surface area contributed by atoms with Crippen molar-refractivity contribution in [1.82, 2.24) is 20.4 Å². The second-order valence-electron chi connectivity index (χ2n) is 5.44. The van der Waals surface area contributed by atoms with E-state index in [2.05, 4.69) is 20.7 Å². The first kappa shape index (κ1) is 17.0. The summed E-state index contributed by atoms with van der Waals surface area (Å²) in [7, 11) is 3.66. The minimum atomic E-state index is 0.0491. The molecule has 1 aromatic carbocycles. The number of aliphatic hydroxyl groups is 1. The van der Waals surface area contributed by atoms with Gasteiger partial charge in [-0.1, -0.05) is 30.3 Å². The van der Waals surface area contributed by atoms with Crippen LogP contribution in [0.15, 0.2) is 47.7 Å². The summed E-state index contributed by atoms with van der Waals surface area (Å²) in [5.41, 5.74) is 2.31. The largest absolute Gasteiger partial charge is 0.396 e. The van der Waals surface area contributed by atoms with Crippen LogP contribution < -0.4 is 10.6 Å². The smallest absolute Gasteiger partial charge is 0.191 e. The molecule has 6 nitrogen and oxygen atoms in total. The first-order valence-electron chi connectivity index (χ1n) is 7.80. The first-order valence-corrected chi connectivity index (χ1v) is 7.80. The number of aliphatic imine (C=N–C) groups is 1. The maximum absolute atomic E-state index is 9.58. The zero-order valence-corrected chi connectivity index (χ0v) is 13.7. The molecule has 0 saturated heterocycles. The van der Waals surface area contributed by atoms with Crippen LogP contribution in [0.2, 0.25) is 0 Å². The minimum Gasteiger partial charge on any atom is -0.396 e. The van der Waals surface area contributed by atoms with Gasteiger partial charge in [-0.2, -0.15) is 5.10 Å². The number of aryl methyl sites for hydroxylation is 1. The number of hydrogen-bond donors (Lipinski definition) is 3. The van der Waals surface area contributed by atoms with Crippen LogP contribution in [-0.4, -0.2) is 47.6 Å². The van der Waals surface area contributed by atoms with Crippen molar-refractivity contribution < 1.29 is 5.11 Å². The van der Waals surface area contributed by atoms with Gasteiger partial charge < -0.3 is 15.7 Å². The molecule has 23 heavy (non-hydrogen) atoms. The van der Waals surface area contributed by atoms with E-state index in [1.807, 2.05) is 49.8 Å². The molecule has 1 unspecified atom stereocenters. The molecule has 1 heterocycles. The number of aromatic nitrogens is 2. The fraction of sp³-hybridized carbons (Fsp3) is 0.412. The van der Waals surface area contributed by atoms with E-state index in [9.17, 15) is 5.11 Å². The average Bonchev–Trinajstić information content (AvgIpc) is 3.00. The molecule has 0 saturated carbocycles. The number of nitrogens with zero attached hydrogens (tertiary/aromatic N) is 3. The van der Waals surface area contributed by atoms with Crippen LogP contribution in [0.1, 0.15) is 17.0 Å². The van der Waals surface area contributed by atoms with Gasteiger partial charge in [0.25, 0.3) is 0 Å². The number of rotatable bonds is 7. The van der Waals surface area contributed by atoms with Crippen LogP contribution in [0.4, 0.5) is 0 Å². The number of guanidine groups is 1. The molecule has 0 aliphatic rings. The highest BCUT2D eigenvalue weighted by atomic mass is 16.3. The van der Waals surface area contributed by atoms with Gasteiger partial charge in [0.05, 0.1) is 12.8 Å². The molecule has 3 N–H and O–H groups in total. The van der Waals surface area contributed by atoms with Crippen LogP contribution in [0.5, 0.6) is 0 Å². The molecule has 0 spiro atoms. The highest BCUT2D eigenvalue weighted by molar-refractivity contribution is 5.79. The Kier molecular flexibility index (Phi) is 6.62. The van der Waals surface area contributed by atoms with Crippen LogP contribution in [0, 0.1) is 0 Å².